The van der Waals surface area contributed by atoms with E-state index in [0.29, 0.717) is 31.6 Å². The van der Waals surface area contributed by atoms with Crippen LogP contribution in [0.25, 0.3) is 0 Å². The maximum Gasteiger partial charge on any atom is 0.250 e. The summed E-state index contributed by atoms with van der Waals surface area (Å²) < 4.78 is 44.9. The van der Waals surface area contributed by atoms with Gasteiger partial charge in [-0.25, -0.2) is 12.8 Å². The zero-order valence-corrected chi connectivity index (χ0v) is 17.7. The largest absolute Gasteiger partial charge is 0.386 e. The van der Waals surface area contributed by atoms with Gasteiger partial charge >= 0.3 is 0 Å². The van der Waals surface area contributed by atoms with Crippen LogP contribution in [0.5, 0.6) is 0 Å². The average molecular weight is 427 g/mol. The molecule has 1 amide bonds. The number of anilines is 1. The predicted molar refractivity (Wildman–Crippen MR) is 109 cm³/mol. The molecule has 8 nitrogen and oxygen atoms in total. The minimum Gasteiger partial charge on any atom is -0.386 e. The summed E-state index contributed by atoms with van der Waals surface area (Å²) in [6.45, 7) is 2.60. The molecule has 0 aromatic heterocycles. The van der Waals surface area contributed by atoms with E-state index in [1.165, 1.54) is 25.3 Å². The number of amides is 1. The molecule has 1 fully saturated rings. The molecule has 0 aliphatic carbocycles. The number of sulfone groups is 1. The van der Waals surface area contributed by atoms with E-state index in [0.717, 1.165) is 0 Å². The molecule has 1 aromatic carbocycles. The van der Waals surface area contributed by atoms with Gasteiger partial charge in [-0.1, -0.05) is 0 Å². The first-order valence-electron chi connectivity index (χ1n) is 9.38. The van der Waals surface area contributed by atoms with Gasteiger partial charge in [-0.2, -0.15) is 0 Å². The Hall–Kier alpha value is -2.04. The first-order chi connectivity index (χ1) is 13.5. The lowest BCUT2D eigenvalue weighted by Gasteiger charge is -2.45. The van der Waals surface area contributed by atoms with Gasteiger partial charge in [-0.3, -0.25) is 9.79 Å². The number of nitrogens with one attached hydrogen (secondary N) is 1. The quantitative estimate of drug-likeness (QED) is 0.739. The van der Waals surface area contributed by atoms with Gasteiger partial charge in [-0.15, -0.1) is 0 Å². The van der Waals surface area contributed by atoms with Crippen molar-refractivity contribution in [2.75, 3.05) is 44.9 Å². The molecule has 2 aliphatic rings. The molecule has 0 bridgehead atoms. The van der Waals surface area contributed by atoms with Crippen LogP contribution in [0.2, 0.25) is 0 Å². The molecule has 0 unspecified atom stereocenters. The number of likely N-dealkylation sites (tertiary alicyclic amines) is 1. The fraction of sp³-hybridized carbons (Fsp3) is 0.579. The normalized spacial score (nSPS) is 26.1. The number of nitrogens with two attached hydrogens (primary N) is 1. The Morgan fingerprint density at radius 2 is 2.03 bits per heavy atom. The van der Waals surface area contributed by atoms with Crippen molar-refractivity contribution >= 4 is 27.3 Å². The minimum absolute atomic E-state index is 0.0348. The number of aliphatic imine (C=N–C) groups is 1. The zero-order valence-electron chi connectivity index (χ0n) is 16.9. The Morgan fingerprint density at radius 1 is 1.38 bits per heavy atom. The number of carbonyl (C=O) groups is 1. The number of carbonyl (C=O) groups excluding carboxylic acids is 1. The Labute approximate surface area is 170 Å². The van der Waals surface area contributed by atoms with Gasteiger partial charge in [0, 0.05) is 18.4 Å². The lowest BCUT2D eigenvalue weighted by atomic mass is 9.90. The first kappa shape index (κ1) is 21.7. The summed E-state index contributed by atoms with van der Waals surface area (Å²) >= 11 is 0. The number of piperidine rings is 1. The fourth-order valence-corrected chi connectivity index (χ4v) is 6.50. The Balaban J connectivity index is 2.01. The van der Waals surface area contributed by atoms with Crippen molar-refractivity contribution in [2.24, 2.45) is 10.7 Å². The molecular weight excluding hydrogens is 399 g/mol. The Bertz CT molecular complexity index is 942. The Kier molecular flexibility index (Phi) is 5.72. The molecule has 29 heavy (non-hydrogen) atoms. The molecule has 10 heteroatoms. The van der Waals surface area contributed by atoms with Gasteiger partial charge in [0.1, 0.15) is 28.5 Å². The molecule has 2 aliphatic heterocycles. The van der Waals surface area contributed by atoms with Crippen LogP contribution >= 0.6 is 0 Å². The standard InChI is InChI=1S/C19H27FN4O4S/c1-18(14-10-13(4-5-15(14)20)22-16(25)11-28-3)12-29(26,27)19(17(21)23-18)6-8-24(2)9-7-19/h4-5,10H,6-9,11-12H2,1-3H3,(H2,21,23)(H,22,25)/t18-/m0/s1. The van der Waals surface area contributed by atoms with Gasteiger partial charge in [0.15, 0.2) is 9.84 Å². The van der Waals surface area contributed by atoms with Gasteiger partial charge in [0.2, 0.25) is 5.91 Å². The van der Waals surface area contributed by atoms with E-state index >= 15 is 0 Å². The first-order valence-corrected chi connectivity index (χ1v) is 11.0. The molecule has 1 spiro atoms. The topological polar surface area (TPSA) is 114 Å². The highest BCUT2D eigenvalue weighted by Crippen LogP contribution is 2.42. The average Bonchev–Trinajstić information content (AvgIpc) is 2.62. The van der Waals surface area contributed by atoms with Crippen LogP contribution in [0.1, 0.15) is 25.3 Å². The van der Waals surface area contributed by atoms with Crippen molar-refractivity contribution in [3.63, 3.8) is 0 Å². The maximum atomic E-state index is 14.7. The predicted octanol–water partition coefficient (Wildman–Crippen LogP) is 0.876. The molecule has 160 valence electrons. The van der Waals surface area contributed by atoms with Crippen molar-refractivity contribution in [1.29, 1.82) is 0 Å². The van der Waals surface area contributed by atoms with E-state index in [1.807, 2.05) is 11.9 Å². The summed E-state index contributed by atoms with van der Waals surface area (Å²) in [6.07, 6.45) is 0.736. The van der Waals surface area contributed by atoms with Crippen LogP contribution in [0, 0.1) is 5.82 Å². The summed E-state index contributed by atoms with van der Waals surface area (Å²) in [5, 5.41) is 2.60. The van der Waals surface area contributed by atoms with E-state index in [2.05, 4.69) is 10.3 Å². The van der Waals surface area contributed by atoms with E-state index in [1.54, 1.807) is 6.92 Å². The maximum absolute atomic E-state index is 14.7. The lowest BCUT2D eigenvalue weighted by Crippen LogP contribution is -2.62. The summed E-state index contributed by atoms with van der Waals surface area (Å²) in [7, 11) is -0.374. The van der Waals surface area contributed by atoms with Gasteiger partial charge < -0.3 is 20.7 Å². The van der Waals surface area contributed by atoms with Crippen LogP contribution in [0.15, 0.2) is 23.2 Å². The van der Waals surface area contributed by atoms with Crippen LogP contribution in [0.3, 0.4) is 0 Å². The SMILES string of the molecule is COCC(=O)Nc1ccc(F)c([C@]2(C)CS(=O)(=O)C3(CCN(C)CC3)C(N)=N2)c1. The lowest BCUT2D eigenvalue weighted by molar-refractivity contribution is -0.119. The number of hydrogen-bond donors (Lipinski definition) is 2. The number of halogens is 1. The second kappa shape index (κ2) is 7.66. The smallest absolute Gasteiger partial charge is 0.250 e. The van der Waals surface area contributed by atoms with Crippen molar-refractivity contribution in [1.82, 2.24) is 4.90 Å². The van der Waals surface area contributed by atoms with Crippen molar-refractivity contribution in [3.05, 3.63) is 29.6 Å². The molecule has 3 rings (SSSR count). The minimum atomic E-state index is -3.69. The highest BCUT2D eigenvalue weighted by Gasteiger charge is 2.55. The number of amidine groups is 1. The van der Waals surface area contributed by atoms with Crippen LogP contribution in [-0.2, 0) is 24.9 Å². The zero-order chi connectivity index (χ0) is 21.4. The second-order valence-corrected chi connectivity index (χ2v) is 10.3. The third kappa shape index (κ3) is 3.88. The Morgan fingerprint density at radius 3 is 2.62 bits per heavy atom. The van der Waals surface area contributed by atoms with Gasteiger partial charge in [0.25, 0.3) is 0 Å². The van der Waals surface area contributed by atoms with Crippen LogP contribution in [-0.4, -0.2) is 69.4 Å². The van der Waals surface area contributed by atoms with Crippen molar-refractivity contribution < 1.29 is 22.3 Å². The number of nitrogens with zero attached hydrogens (tertiary/aromatic N) is 2. The summed E-state index contributed by atoms with van der Waals surface area (Å²) in [5.74, 6) is -1.33. The molecule has 1 atom stereocenters. The van der Waals surface area contributed by atoms with E-state index < -0.39 is 31.8 Å². The number of ether oxygens (including phenoxy) is 1. The third-order valence-corrected chi connectivity index (χ3v) is 8.55. The number of hydrogen-bond acceptors (Lipinski definition) is 7. The number of methoxy groups -OCH3 is 1. The molecule has 3 N–H and O–H groups in total. The molecule has 1 saturated heterocycles. The van der Waals surface area contributed by atoms with Crippen molar-refractivity contribution in [3.8, 4) is 0 Å². The summed E-state index contributed by atoms with van der Waals surface area (Å²) in [6, 6.07) is 3.99. The third-order valence-electron chi connectivity index (χ3n) is 5.80. The molecule has 0 saturated carbocycles. The summed E-state index contributed by atoms with van der Waals surface area (Å²) in [5.41, 5.74) is 5.25. The molecule has 0 radical (unpaired) electrons. The highest BCUT2D eigenvalue weighted by atomic mass is 32.2. The molecule has 1 aromatic rings. The van der Waals surface area contributed by atoms with E-state index in [-0.39, 0.29) is 23.8 Å². The number of benzene rings is 1. The van der Waals surface area contributed by atoms with Crippen LogP contribution in [0.4, 0.5) is 10.1 Å². The van der Waals surface area contributed by atoms with E-state index in [4.69, 9.17) is 10.5 Å². The fourth-order valence-electron chi connectivity index (χ4n) is 4.10. The van der Waals surface area contributed by atoms with E-state index in [9.17, 15) is 17.6 Å². The molecule has 2 heterocycles. The second-order valence-electron chi connectivity index (χ2n) is 8.00. The highest BCUT2D eigenvalue weighted by molar-refractivity contribution is 7.93. The molecular formula is C19H27FN4O4S. The van der Waals surface area contributed by atoms with Gasteiger partial charge in [-0.05, 0) is 58.1 Å². The van der Waals surface area contributed by atoms with Crippen LogP contribution < -0.4 is 11.1 Å². The van der Waals surface area contributed by atoms with Crippen molar-refractivity contribution in [2.45, 2.75) is 30.1 Å². The van der Waals surface area contributed by atoms with Gasteiger partial charge in [0.05, 0.1) is 5.75 Å². The monoisotopic (exact) mass is 426 g/mol. The summed E-state index contributed by atoms with van der Waals surface area (Å²) in [4.78, 5) is 18.3. The number of rotatable bonds is 4.